The third-order valence-corrected chi connectivity index (χ3v) is 3.17. The number of benzene rings is 1. The topological polar surface area (TPSA) is 24.9 Å². The molecule has 2 aromatic rings. The van der Waals surface area contributed by atoms with Gasteiger partial charge in [0, 0.05) is 12.1 Å². The van der Waals surface area contributed by atoms with Crippen LogP contribution in [0.4, 0.5) is 10.2 Å². The Balaban J connectivity index is 2.41. The first kappa shape index (κ1) is 14.1. The molecule has 100 valence electrons. The Bertz CT molecular complexity index is 570. The lowest BCUT2D eigenvalue weighted by molar-refractivity contribution is 0.628. The summed E-state index contributed by atoms with van der Waals surface area (Å²) in [6, 6.07) is 7.68. The number of hydrogen-bond acceptors (Lipinski definition) is 2. The fraction of sp³-hybridized carbons (Fsp3) is 0.214. The minimum Gasteiger partial charge on any atom is -0.369 e. The Morgan fingerprint density at radius 3 is 2.47 bits per heavy atom. The van der Waals surface area contributed by atoms with Gasteiger partial charge in [-0.15, -0.1) is 0 Å². The Morgan fingerprint density at radius 2 is 1.84 bits per heavy atom. The molecular formula is C14H13Cl2FN2. The van der Waals surface area contributed by atoms with E-state index in [9.17, 15) is 4.39 Å². The standard InChI is InChI=1S/C14H13Cl2FN2/c1-2-7-18-14-12(16)8-11(15)13(19-14)9-3-5-10(17)6-4-9/h3-6,8H,2,7H2,1H3,(H,18,19). The van der Waals surface area contributed by atoms with E-state index in [0.29, 0.717) is 21.6 Å². The summed E-state index contributed by atoms with van der Waals surface area (Å²) in [6.07, 6.45) is 0.965. The van der Waals surface area contributed by atoms with Gasteiger partial charge < -0.3 is 5.32 Å². The highest BCUT2D eigenvalue weighted by Gasteiger charge is 2.11. The average Bonchev–Trinajstić information content (AvgIpc) is 2.39. The van der Waals surface area contributed by atoms with Crippen molar-refractivity contribution in [2.45, 2.75) is 13.3 Å². The van der Waals surface area contributed by atoms with E-state index in [4.69, 9.17) is 23.2 Å². The molecule has 0 bridgehead atoms. The maximum atomic E-state index is 12.9. The van der Waals surface area contributed by atoms with E-state index < -0.39 is 0 Å². The van der Waals surface area contributed by atoms with Crippen LogP contribution < -0.4 is 5.32 Å². The number of aromatic nitrogens is 1. The van der Waals surface area contributed by atoms with Crippen molar-refractivity contribution in [3.8, 4) is 11.3 Å². The van der Waals surface area contributed by atoms with Gasteiger partial charge in [-0.1, -0.05) is 30.1 Å². The van der Waals surface area contributed by atoms with Crippen LogP contribution in [-0.4, -0.2) is 11.5 Å². The molecule has 1 N–H and O–H groups in total. The smallest absolute Gasteiger partial charge is 0.145 e. The molecule has 0 aliphatic carbocycles. The molecule has 1 aromatic carbocycles. The van der Waals surface area contributed by atoms with Gasteiger partial charge in [-0.3, -0.25) is 0 Å². The van der Waals surface area contributed by atoms with E-state index in [1.165, 1.54) is 12.1 Å². The maximum absolute atomic E-state index is 12.9. The number of nitrogens with zero attached hydrogens (tertiary/aromatic N) is 1. The monoisotopic (exact) mass is 298 g/mol. The van der Waals surface area contributed by atoms with Crippen LogP contribution in [-0.2, 0) is 0 Å². The fourth-order valence-electron chi connectivity index (χ4n) is 1.64. The normalized spacial score (nSPS) is 10.5. The second-order valence-electron chi connectivity index (χ2n) is 4.08. The van der Waals surface area contributed by atoms with Gasteiger partial charge in [0.05, 0.1) is 15.7 Å². The Morgan fingerprint density at radius 1 is 1.16 bits per heavy atom. The van der Waals surface area contributed by atoms with E-state index in [-0.39, 0.29) is 5.82 Å². The molecule has 5 heteroatoms. The van der Waals surface area contributed by atoms with Gasteiger partial charge in [0.15, 0.2) is 0 Å². The highest BCUT2D eigenvalue weighted by molar-refractivity contribution is 6.37. The summed E-state index contributed by atoms with van der Waals surface area (Å²) in [6.45, 7) is 2.83. The Hall–Kier alpha value is -1.32. The zero-order chi connectivity index (χ0) is 13.8. The number of nitrogens with one attached hydrogen (secondary N) is 1. The van der Waals surface area contributed by atoms with Gasteiger partial charge in [0.25, 0.3) is 0 Å². The highest BCUT2D eigenvalue weighted by Crippen LogP contribution is 2.32. The van der Waals surface area contributed by atoms with Crippen molar-refractivity contribution < 1.29 is 4.39 Å². The summed E-state index contributed by atoms with van der Waals surface area (Å²) < 4.78 is 12.9. The van der Waals surface area contributed by atoms with Gasteiger partial charge in [-0.2, -0.15) is 0 Å². The van der Waals surface area contributed by atoms with E-state index in [1.807, 2.05) is 0 Å². The van der Waals surface area contributed by atoms with Crippen LogP contribution in [0.25, 0.3) is 11.3 Å². The summed E-state index contributed by atoms with van der Waals surface area (Å²) in [4.78, 5) is 4.41. The Labute approximate surface area is 121 Å². The van der Waals surface area contributed by atoms with Crippen molar-refractivity contribution in [2.75, 3.05) is 11.9 Å². The lowest BCUT2D eigenvalue weighted by atomic mass is 10.1. The number of anilines is 1. The predicted molar refractivity (Wildman–Crippen MR) is 78.4 cm³/mol. The molecule has 1 heterocycles. The third-order valence-electron chi connectivity index (χ3n) is 2.59. The zero-order valence-electron chi connectivity index (χ0n) is 10.4. The molecule has 0 atom stereocenters. The van der Waals surface area contributed by atoms with E-state index in [2.05, 4.69) is 17.2 Å². The summed E-state index contributed by atoms with van der Waals surface area (Å²) in [5.41, 5.74) is 1.34. The summed E-state index contributed by atoms with van der Waals surface area (Å²) in [7, 11) is 0. The first-order chi connectivity index (χ1) is 9.11. The lowest BCUT2D eigenvalue weighted by Gasteiger charge is -2.10. The van der Waals surface area contributed by atoms with Crippen molar-refractivity contribution in [3.63, 3.8) is 0 Å². The van der Waals surface area contributed by atoms with Crippen LogP contribution in [0.1, 0.15) is 13.3 Å². The van der Waals surface area contributed by atoms with Crippen molar-refractivity contribution >= 4 is 29.0 Å². The van der Waals surface area contributed by atoms with E-state index in [0.717, 1.165) is 18.5 Å². The van der Waals surface area contributed by atoms with Crippen LogP contribution in [0.2, 0.25) is 10.0 Å². The molecular weight excluding hydrogens is 286 g/mol. The lowest BCUT2D eigenvalue weighted by Crippen LogP contribution is -2.03. The molecule has 2 nitrogen and oxygen atoms in total. The molecule has 0 fully saturated rings. The van der Waals surface area contributed by atoms with Crippen LogP contribution in [0.3, 0.4) is 0 Å². The molecule has 0 aliphatic heterocycles. The second kappa shape index (κ2) is 6.22. The second-order valence-corrected chi connectivity index (χ2v) is 4.90. The van der Waals surface area contributed by atoms with Crippen molar-refractivity contribution in [1.29, 1.82) is 0 Å². The zero-order valence-corrected chi connectivity index (χ0v) is 11.9. The predicted octanol–water partition coefficient (Wildman–Crippen LogP) is 5.02. The molecule has 2 rings (SSSR count). The largest absolute Gasteiger partial charge is 0.369 e. The number of rotatable bonds is 4. The molecule has 1 aromatic heterocycles. The van der Waals surface area contributed by atoms with Gasteiger partial charge >= 0.3 is 0 Å². The highest BCUT2D eigenvalue weighted by atomic mass is 35.5. The van der Waals surface area contributed by atoms with Crippen molar-refractivity contribution in [1.82, 2.24) is 4.98 Å². The van der Waals surface area contributed by atoms with Crippen LogP contribution in [0.15, 0.2) is 30.3 Å². The van der Waals surface area contributed by atoms with Gasteiger partial charge in [0.2, 0.25) is 0 Å². The minimum absolute atomic E-state index is 0.293. The molecule has 0 saturated carbocycles. The Kier molecular flexibility index (Phi) is 4.61. The molecule has 0 unspecified atom stereocenters. The van der Waals surface area contributed by atoms with Gasteiger partial charge in [-0.05, 0) is 36.8 Å². The van der Waals surface area contributed by atoms with Crippen LogP contribution >= 0.6 is 23.2 Å². The number of pyridine rings is 1. The number of hydrogen-bond donors (Lipinski definition) is 1. The van der Waals surface area contributed by atoms with Crippen molar-refractivity contribution in [2.24, 2.45) is 0 Å². The molecule has 19 heavy (non-hydrogen) atoms. The molecule has 0 spiro atoms. The van der Waals surface area contributed by atoms with E-state index in [1.54, 1.807) is 18.2 Å². The summed E-state index contributed by atoms with van der Waals surface area (Å²) in [5, 5.41) is 4.06. The maximum Gasteiger partial charge on any atom is 0.145 e. The van der Waals surface area contributed by atoms with Crippen LogP contribution in [0.5, 0.6) is 0 Å². The van der Waals surface area contributed by atoms with Gasteiger partial charge in [0.1, 0.15) is 11.6 Å². The van der Waals surface area contributed by atoms with Gasteiger partial charge in [-0.25, -0.2) is 9.37 Å². The van der Waals surface area contributed by atoms with Crippen molar-refractivity contribution in [3.05, 3.63) is 46.2 Å². The van der Waals surface area contributed by atoms with E-state index >= 15 is 0 Å². The fourth-order valence-corrected chi connectivity index (χ4v) is 2.18. The summed E-state index contributed by atoms with van der Waals surface area (Å²) in [5.74, 6) is 0.297. The third kappa shape index (κ3) is 3.37. The molecule has 0 aliphatic rings. The molecule has 0 radical (unpaired) electrons. The number of halogens is 3. The summed E-state index contributed by atoms with van der Waals surface area (Å²) >= 11 is 12.2. The SMILES string of the molecule is CCCNc1nc(-c2ccc(F)cc2)c(Cl)cc1Cl. The first-order valence-corrected chi connectivity index (χ1v) is 6.73. The molecule has 0 amide bonds. The molecule has 0 saturated heterocycles. The minimum atomic E-state index is -0.293. The first-order valence-electron chi connectivity index (χ1n) is 5.97. The quantitative estimate of drug-likeness (QED) is 0.857. The van der Waals surface area contributed by atoms with Crippen LogP contribution in [0, 0.1) is 5.82 Å². The average molecular weight is 299 g/mol.